The fourth-order valence-electron chi connectivity index (χ4n) is 2.53. The summed E-state index contributed by atoms with van der Waals surface area (Å²) in [5.41, 5.74) is -1.74. The summed E-state index contributed by atoms with van der Waals surface area (Å²) >= 11 is 13.0. The molecule has 0 saturated carbocycles. The number of pyridine rings is 1. The van der Waals surface area contributed by atoms with Gasteiger partial charge in [0.2, 0.25) is 11.0 Å². The van der Waals surface area contributed by atoms with E-state index in [0.29, 0.717) is 10.4 Å². The highest BCUT2D eigenvalue weighted by Crippen LogP contribution is 2.39. The summed E-state index contributed by atoms with van der Waals surface area (Å²) in [5.74, 6) is -0.260. The molecule has 2 N–H and O–H groups in total. The zero-order chi connectivity index (χ0) is 23.1. The van der Waals surface area contributed by atoms with Crippen LogP contribution in [0.3, 0.4) is 0 Å². The van der Waals surface area contributed by atoms with Crippen molar-refractivity contribution in [2.75, 3.05) is 0 Å². The van der Waals surface area contributed by atoms with E-state index in [2.05, 4.69) is 24.4 Å². The molecule has 3 aromatic rings. The summed E-state index contributed by atoms with van der Waals surface area (Å²) in [6, 6.07) is 1.76. The highest BCUT2D eigenvalue weighted by atomic mass is 35.5. The third-order valence-electron chi connectivity index (χ3n) is 3.92. The number of nitrogens with zero attached hydrogens (tertiary/aromatic N) is 6. The number of hydrogen-bond acceptors (Lipinski definition) is 9. The van der Waals surface area contributed by atoms with Crippen molar-refractivity contribution in [3.63, 3.8) is 0 Å². The van der Waals surface area contributed by atoms with Crippen LogP contribution in [0.15, 0.2) is 32.1 Å². The smallest absolute Gasteiger partial charge is 0.296 e. The largest absolute Gasteiger partial charge is 0.493 e. The van der Waals surface area contributed by atoms with Crippen LogP contribution in [0.1, 0.15) is 11.4 Å². The predicted molar refractivity (Wildman–Crippen MR) is 113 cm³/mol. The Hall–Kier alpha value is -2.89. The zero-order valence-corrected chi connectivity index (χ0v) is 18.7. The maximum absolute atomic E-state index is 12.8. The molecule has 160 valence electrons. The van der Waals surface area contributed by atoms with E-state index >= 15 is 0 Å². The number of azo groups is 1. The van der Waals surface area contributed by atoms with Crippen LogP contribution in [0.5, 0.6) is 5.88 Å². The molecule has 0 spiro atoms. The lowest BCUT2D eigenvalue weighted by Gasteiger charge is -2.15. The predicted octanol–water partition coefficient (Wildman–Crippen LogP) is 4.53. The first-order valence-electron chi connectivity index (χ1n) is 8.00. The van der Waals surface area contributed by atoms with Crippen molar-refractivity contribution in [1.29, 1.82) is 0 Å². The van der Waals surface area contributed by atoms with Gasteiger partial charge in [0.15, 0.2) is 0 Å². The number of rotatable bonds is 4. The van der Waals surface area contributed by atoms with Gasteiger partial charge in [0, 0.05) is 11.5 Å². The molecule has 0 aliphatic rings. The van der Waals surface area contributed by atoms with Crippen LogP contribution in [0.25, 0.3) is 10.5 Å². The van der Waals surface area contributed by atoms with Gasteiger partial charge in [-0.05, 0) is 31.5 Å². The van der Waals surface area contributed by atoms with Crippen LogP contribution in [0.2, 0.25) is 10.0 Å². The fourth-order valence-corrected chi connectivity index (χ4v) is 4.37. The number of hydrogen-bond donors (Lipinski definition) is 2. The zero-order valence-electron chi connectivity index (χ0n) is 15.5. The van der Waals surface area contributed by atoms with Gasteiger partial charge in [-0.3, -0.25) is 13.9 Å². The molecule has 1 aromatic carbocycles. The summed E-state index contributed by atoms with van der Waals surface area (Å²) < 4.78 is 36.7. The van der Waals surface area contributed by atoms with Gasteiger partial charge >= 0.3 is 0 Å². The van der Waals surface area contributed by atoms with Gasteiger partial charge in [-0.15, -0.1) is 10.2 Å². The van der Waals surface area contributed by atoms with Gasteiger partial charge in [0.05, 0.1) is 22.3 Å². The summed E-state index contributed by atoms with van der Waals surface area (Å²) in [6.07, 6.45) is 0. The van der Waals surface area contributed by atoms with Gasteiger partial charge in [-0.25, -0.2) is 9.83 Å². The number of benzene rings is 1. The van der Waals surface area contributed by atoms with Crippen LogP contribution in [0.4, 0.5) is 16.5 Å². The summed E-state index contributed by atoms with van der Waals surface area (Å²) in [5, 5.41) is 17.9. The average molecular weight is 501 g/mol. The highest BCUT2D eigenvalue weighted by Gasteiger charge is 2.24. The monoisotopic (exact) mass is 500 g/mol. The van der Waals surface area contributed by atoms with Crippen molar-refractivity contribution >= 4 is 61.4 Å². The van der Waals surface area contributed by atoms with Crippen LogP contribution in [-0.2, 0) is 10.1 Å². The minimum atomic E-state index is -4.70. The first-order chi connectivity index (χ1) is 14.5. The van der Waals surface area contributed by atoms with Crippen molar-refractivity contribution in [2.24, 2.45) is 10.2 Å². The van der Waals surface area contributed by atoms with Crippen molar-refractivity contribution in [2.45, 2.75) is 18.7 Å². The Morgan fingerprint density at radius 1 is 1.23 bits per heavy atom. The Bertz CT molecular complexity index is 1460. The van der Waals surface area contributed by atoms with Crippen LogP contribution < -0.4 is 5.56 Å². The van der Waals surface area contributed by atoms with Gasteiger partial charge < -0.3 is 5.11 Å². The molecule has 0 bridgehead atoms. The van der Waals surface area contributed by atoms with E-state index in [0.717, 1.165) is 23.7 Å². The van der Waals surface area contributed by atoms with E-state index in [-0.39, 0.29) is 32.8 Å². The van der Waals surface area contributed by atoms with E-state index in [1.165, 1.54) is 6.92 Å². The lowest BCUT2D eigenvalue weighted by Crippen LogP contribution is -2.19. The van der Waals surface area contributed by atoms with Crippen LogP contribution in [0, 0.1) is 20.4 Å². The van der Waals surface area contributed by atoms with Crippen molar-refractivity contribution < 1.29 is 18.1 Å². The molecule has 0 aliphatic carbocycles. The molecular weight excluding hydrogens is 491 g/mol. The van der Waals surface area contributed by atoms with Crippen LogP contribution >= 0.6 is 34.7 Å². The third kappa shape index (κ3) is 4.29. The lowest BCUT2D eigenvalue weighted by molar-refractivity contribution is 0.437. The van der Waals surface area contributed by atoms with Crippen molar-refractivity contribution in [3.05, 3.63) is 55.3 Å². The molecule has 0 aliphatic heterocycles. The molecule has 15 heteroatoms. The second-order valence-corrected chi connectivity index (χ2v) is 8.87. The Labute approximate surface area is 189 Å². The van der Waals surface area contributed by atoms with Crippen LogP contribution in [-0.4, -0.2) is 32.0 Å². The Morgan fingerprint density at radius 3 is 2.45 bits per heavy atom. The SMILES string of the molecule is [C-]#[N+]c1c(C)c(N=Nc2nc(C)ns2)c(O)n(-c2cc(Cl)c(S(=O)(=O)O)cc2Cl)c1=O. The maximum Gasteiger partial charge on any atom is 0.296 e. The topological polar surface area (TPSA) is 151 Å². The molecule has 3 rings (SSSR count). The standard InChI is InChI=1S/C16H10Cl2N6O5S2/c1-6-12(19-3)14(25)24(10-4-9(18)11(5-8(10)17)31(27,28)29)15(26)13(6)21-22-16-20-7(2)23-30-16/h4-5,26H,1-2H3,(H,27,28,29). The average Bonchev–Trinajstić information content (AvgIpc) is 3.08. The first kappa shape index (κ1) is 22.8. The Morgan fingerprint density at radius 2 is 1.90 bits per heavy atom. The second kappa shape index (κ2) is 8.33. The fraction of sp³-hybridized carbons (Fsp3) is 0.125. The van der Waals surface area contributed by atoms with Gasteiger partial charge in [-0.2, -0.15) is 12.8 Å². The van der Waals surface area contributed by atoms with E-state index in [1.807, 2.05) is 0 Å². The van der Waals surface area contributed by atoms with Gasteiger partial charge in [-0.1, -0.05) is 23.2 Å². The molecular formula is C16H10Cl2N6O5S2. The lowest BCUT2D eigenvalue weighted by atomic mass is 10.2. The minimum absolute atomic E-state index is 0.0514. The maximum atomic E-state index is 12.8. The molecule has 2 heterocycles. The number of halogens is 2. The summed E-state index contributed by atoms with van der Waals surface area (Å²) in [4.78, 5) is 19.3. The molecule has 0 atom stereocenters. The van der Waals surface area contributed by atoms with E-state index in [1.54, 1.807) is 6.92 Å². The number of aromatic nitrogens is 3. The molecule has 0 unspecified atom stereocenters. The van der Waals surface area contributed by atoms with E-state index in [4.69, 9.17) is 29.8 Å². The van der Waals surface area contributed by atoms with Crippen molar-refractivity contribution in [3.8, 4) is 11.6 Å². The molecule has 31 heavy (non-hydrogen) atoms. The molecule has 2 aromatic heterocycles. The quantitative estimate of drug-likeness (QED) is 0.303. The molecule has 0 fully saturated rings. The van der Waals surface area contributed by atoms with Gasteiger partial charge in [0.1, 0.15) is 16.4 Å². The van der Waals surface area contributed by atoms with E-state index in [9.17, 15) is 22.9 Å². The summed E-state index contributed by atoms with van der Waals surface area (Å²) in [7, 11) is -4.70. The van der Waals surface area contributed by atoms with Crippen molar-refractivity contribution in [1.82, 2.24) is 13.9 Å². The molecule has 11 nitrogen and oxygen atoms in total. The first-order valence-corrected chi connectivity index (χ1v) is 11.0. The van der Waals surface area contributed by atoms with Gasteiger partial charge in [0.25, 0.3) is 21.4 Å². The molecule has 0 saturated heterocycles. The van der Waals surface area contributed by atoms with E-state index < -0.39 is 31.5 Å². The third-order valence-corrected chi connectivity index (χ3v) is 6.24. The normalized spacial score (nSPS) is 11.7. The summed E-state index contributed by atoms with van der Waals surface area (Å²) in [6.45, 7) is 10.4. The highest BCUT2D eigenvalue weighted by molar-refractivity contribution is 7.86. The molecule has 0 amide bonds. The number of aromatic hydroxyl groups is 1. The molecule has 0 radical (unpaired) electrons. The second-order valence-electron chi connectivity index (χ2n) is 5.93. The Balaban J connectivity index is 2.32. The Kier molecular flexibility index (Phi) is 6.12. The number of aryl methyl sites for hydroxylation is 1. The minimum Gasteiger partial charge on any atom is -0.493 e.